The highest BCUT2D eigenvalue weighted by Gasteiger charge is 2.19. The molecule has 0 aliphatic rings. The van der Waals surface area contributed by atoms with E-state index < -0.39 is 5.97 Å². The van der Waals surface area contributed by atoms with Crippen LogP contribution in [0.3, 0.4) is 0 Å². The summed E-state index contributed by atoms with van der Waals surface area (Å²) in [6, 6.07) is 0.282. The number of carboxylic acid groups (broad SMARTS) is 1. The Bertz CT molecular complexity index is 348. The minimum atomic E-state index is -0.758. The molecule has 0 saturated carbocycles. The summed E-state index contributed by atoms with van der Waals surface area (Å²) in [7, 11) is 0. The number of unbranched alkanes of at least 4 members (excludes halogenated alkanes) is 8. The molecule has 0 aromatic heterocycles. The monoisotopic (exact) mass is 351 g/mol. The van der Waals surface area contributed by atoms with E-state index in [4.69, 9.17) is 0 Å². The zero-order chi connectivity index (χ0) is 18.9. The van der Waals surface area contributed by atoms with Gasteiger partial charge in [-0.25, -0.2) is 0 Å². The molecule has 2 atom stereocenters. The lowest BCUT2D eigenvalue weighted by atomic mass is 10.1. The van der Waals surface area contributed by atoms with Crippen LogP contribution >= 0.6 is 0 Å². The van der Waals surface area contributed by atoms with Gasteiger partial charge in [-0.3, -0.25) is 9.69 Å². The number of hydrogen-bond donors (Lipinski definition) is 1. The van der Waals surface area contributed by atoms with E-state index in [9.17, 15) is 9.90 Å². The molecular weight excluding hydrogens is 310 g/mol. The van der Waals surface area contributed by atoms with E-state index in [2.05, 4.69) is 52.0 Å². The van der Waals surface area contributed by atoms with Crippen LogP contribution in [0.5, 0.6) is 0 Å². The maximum Gasteiger partial charge on any atom is 0.317 e. The van der Waals surface area contributed by atoms with Gasteiger partial charge in [0, 0.05) is 12.1 Å². The summed E-state index contributed by atoms with van der Waals surface area (Å²) in [5.74, 6) is -0.758. The van der Waals surface area contributed by atoms with Crippen LogP contribution in [-0.2, 0) is 4.79 Å². The lowest BCUT2D eigenvalue weighted by Gasteiger charge is -2.30. The predicted octanol–water partition coefficient (Wildman–Crippen LogP) is 6.20. The van der Waals surface area contributed by atoms with Crippen molar-refractivity contribution in [3.05, 3.63) is 24.3 Å². The van der Waals surface area contributed by atoms with Gasteiger partial charge < -0.3 is 5.11 Å². The fourth-order valence-corrected chi connectivity index (χ4v) is 3.00. The summed E-state index contributed by atoms with van der Waals surface area (Å²) in [5.41, 5.74) is 0. The zero-order valence-electron chi connectivity index (χ0n) is 17.0. The standard InChI is InChI=1S/C22H41NO2/c1-5-7-9-11-13-15-17-20(3)23(19-22(24)25)21(4)18-16-14-12-10-8-6-2/h15-18,20-21H,5-14,19H2,1-4H3,(H,24,25)/b17-15-,18-16+. The third-order valence-electron chi connectivity index (χ3n) is 4.64. The molecule has 3 nitrogen and oxygen atoms in total. The zero-order valence-corrected chi connectivity index (χ0v) is 17.0. The minimum Gasteiger partial charge on any atom is -0.480 e. The average Bonchev–Trinajstić information content (AvgIpc) is 2.58. The molecule has 0 heterocycles. The van der Waals surface area contributed by atoms with Crippen molar-refractivity contribution in [1.29, 1.82) is 0 Å². The van der Waals surface area contributed by atoms with Crippen LogP contribution in [0.15, 0.2) is 24.3 Å². The summed E-state index contributed by atoms with van der Waals surface area (Å²) < 4.78 is 0. The Kier molecular flexibility index (Phi) is 15.7. The molecule has 146 valence electrons. The summed E-state index contributed by atoms with van der Waals surface area (Å²) in [4.78, 5) is 13.3. The molecule has 2 unspecified atom stereocenters. The van der Waals surface area contributed by atoms with Crippen molar-refractivity contribution < 1.29 is 9.90 Å². The van der Waals surface area contributed by atoms with E-state index in [0.717, 1.165) is 12.8 Å². The van der Waals surface area contributed by atoms with Crippen LogP contribution in [0.1, 0.15) is 91.9 Å². The topological polar surface area (TPSA) is 40.5 Å². The number of rotatable bonds is 16. The van der Waals surface area contributed by atoms with Gasteiger partial charge in [-0.15, -0.1) is 0 Å². The second kappa shape index (κ2) is 16.4. The highest BCUT2D eigenvalue weighted by Crippen LogP contribution is 2.11. The Labute approximate surface area is 156 Å². The molecule has 0 spiro atoms. The highest BCUT2D eigenvalue weighted by molar-refractivity contribution is 5.69. The molecule has 0 saturated heterocycles. The maximum atomic E-state index is 11.2. The second-order valence-electron chi connectivity index (χ2n) is 7.10. The Morgan fingerprint density at radius 2 is 1.28 bits per heavy atom. The normalized spacial score (nSPS) is 14.6. The number of aliphatic carboxylic acids is 1. The van der Waals surface area contributed by atoms with Gasteiger partial charge in [-0.05, 0) is 39.5 Å². The number of allylic oxidation sites excluding steroid dienone is 2. The lowest BCUT2D eigenvalue weighted by Crippen LogP contribution is -2.41. The van der Waals surface area contributed by atoms with Gasteiger partial charge in [0.05, 0.1) is 6.54 Å². The summed E-state index contributed by atoms with van der Waals surface area (Å²) in [6.07, 6.45) is 21.1. The van der Waals surface area contributed by atoms with Crippen LogP contribution in [0, 0.1) is 0 Å². The van der Waals surface area contributed by atoms with Gasteiger partial charge in [0.2, 0.25) is 0 Å². The molecule has 0 radical (unpaired) electrons. The Hall–Kier alpha value is -1.09. The maximum absolute atomic E-state index is 11.2. The average molecular weight is 352 g/mol. The van der Waals surface area contributed by atoms with Gasteiger partial charge in [-0.2, -0.15) is 0 Å². The van der Waals surface area contributed by atoms with E-state index >= 15 is 0 Å². The number of hydrogen-bond acceptors (Lipinski definition) is 2. The number of carbonyl (C=O) groups is 1. The summed E-state index contributed by atoms with van der Waals surface area (Å²) in [5, 5.41) is 9.23. The van der Waals surface area contributed by atoms with Crippen molar-refractivity contribution in [2.45, 2.75) is 104 Å². The first-order valence-corrected chi connectivity index (χ1v) is 10.3. The van der Waals surface area contributed by atoms with Gasteiger partial charge >= 0.3 is 5.97 Å². The summed E-state index contributed by atoms with van der Waals surface area (Å²) in [6.45, 7) is 8.72. The molecule has 0 bridgehead atoms. The fourth-order valence-electron chi connectivity index (χ4n) is 3.00. The van der Waals surface area contributed by atoms with Gasteiger partial charge in [0.15, 0.2) is 0 Å². The second-order valence-corrected chi connectivity index (χ2v) is 7.10. The highest BCUT2D eigenvalue weighted by atomic mass is 16.4. The number of nitrogens with zero attached hydrogens (tertiary/aromatic N) is 1. The number of carboxylic acids is 1. The molecule has 3 heteroatoms. The van der Waals surface area contributed by atoms with Crippen molar-refractivity contribution in [2.24, 2.45) is 0 Å². The Morgan fingerprint density at radius 3 is 1.64 bits per heavy atom. The quantitative estimate of drug-likeness (QED) is 0.266. The fraction of sp³-hybridized carbons (Fsp3) is 0.773. The van der Waals surface area contributed by atoms with Gasteiger partial charge in [0.1, 0.15) is 0 Å². The largest absolute Gasteiger partial charge is 0.480 e. The summed E-state index contributed by atoms with van der Waals surface area (Å²) >= 11 is 0. The molecule has 0 aliphatic heterocycles. The molecule has 0 aromatic carbocycles. The van der Waals surface area contributed by atoms with Crippen LogP contribution in [-0.4, -0.2) is 34.6 Å². The Balaban J connectivity index is 4.41. The SMILES string of the molecule is CCCCCC/C=C\C(C)N(CC(=O)O)C(C)/C=C/CCCCCC. The third-order valence-corrected chi connectivity index (χ3v) is 4.64. The van der Waals surface area contributed by atoms with Crippen molar-refractivity contribution in [2.75, 3.05) is 6.54 Å². The Morgan fingerprint density at radius 1 is 0.840 bits per heavy atom. The molecule has 0 fully saturated rings. The van der Waals surface area contributed by atoms with Gasteiger partial charge in [-0.1, -0.05) is 76.7 Å². The van der Waals surface area contributed by atoms with Crippen LogP contribution in [0.25, 0.3) is 0 Å². The molecule has 0 aliphatic carbocycles. The van der Waals surface area contributed by atoms with Crippen molar-refractivity contribution in [3.63, 3.8) is 0 Å². The predicted molar refractivity (Wildman–Crippen MR) is 109 cm³/mol. The molecule has 0 rings (SSSR count). The van der Waals surface area contributed by atoms with E-state index in [-0.39, 0.29) is 18.6 Å². The van der Waals surface area contributed by atoms with Crippen molar-refractivity contribution >= 4 is 5.97 Å². The van der Waals surface area contributed by atoms with E-state index in [1.165, 1.54) is 51.4 Å². The molecule has 0 amide bonds. The first kappa shape index (κ1) is 23.9. The first-order chi connectivity index (χ1) is 12.0. The van der Waals surface area contributed by atoms with Gasteiger partial charge in [0.25, 0.3) is 0 Å². The smallest absolute Gasteiger partial charge is 0.317 e. The van der Waals surface area contributed by atoms with Crippen LogP contribution < -0.4 is 0 Å². The van der Waals surface area contributed by atoms with Crippen molar-refractivity contribution in [3.8, 4) is 0 Å². The lowest BCUT2D eigenvalue weighted by molar-refractivity contribution is -0.139. The molecular formula is C22H41NO2. The molecule has 1 N–H and O–H groups in total. The third kappa shape index (κ3) is 13.8. The van der Waals surface area contributed by atoms with Crippen molar-refractivity contribution in [1.82, 2.24) is 4.90 Å². The van der Waals surface area contributed by atoms with Crippen LogP contribution in [0.4, 0.5) is 0 Å². The van der Waals surface area contributed by atoms with Crippen LogP contribution in [0.2, 0.25) is 0 Å². The van der Waals surface area contributed by atoms with E-state index in [1.54, 1.807) is 0 Å². The molecule has 25 heavy (non-hydrogen) atoms. The van der Waals surface area contributed by atoms with E-state index in [0.29, 0.717) is 0 Å². The minimum absolute atomic E-state index is 0.0860. The molecule has 0 aromatic rings. The first-order valence-electron chi connectivity index (χ1n) is 10.3. The van der Waals surface area contributed by atoms with E-state index in [1.807, 2.05) is 4.90 Å².